The largest absolute Gasteiger partial charge is 0.393 e. The minimum absolute atomic E-state index is 0.0289. The van der Waals surface area contributed by atoms with Gasteiger partial charge in [-0.05, 0) is 61.2 Å². The van der Waals surface area contributed by atoms with Gasteiger partial charge in [0.25, 0.3) is 0 Å². The van der Waals surface area contributed by atoms with Crippen LogP contribution in [0.25, 0.3) is 0 Å². The fourth-order valence-electron chi connectivity index (χ4n) is 4.30. The van der Waals surface area contributed by atoms with E-state index in [-0.39, 0.29) is 12.2 Å². The van der Waals surface area contributed by atoms with Crippen molar-refractivity contribution in [1.29, 1.82) is 0 Å². The molecule has 0 bridgehead atoms. The quantitative estimate of drug-likeness (QED) is 0.763. The molecule has 2 nitrogen and oxygen atoms in total. The van der Waals surface area contributed by atoms with Crippen LogP contribution in [0.1, 0.15) is 80.1 Å². The summed E-state index contributed by atoms with van der Waals surface area (Å²) in [6.45, 7) is 13.3. The first-order valence-corrected chi connectivity index (χ1v) is 9.58. The van der Waals surface area contributed by atoms with E-state index in [9.17, 15) is 10.2 Å². The van der Waals surface area contributed by atoms with E-state index in [1.54, 1.807) is 0 Å². The smallest absolute Gasteiger partial charge is 0.0573 e. The lowest BCUT2D eigenvalue weighted by molar-refractivity contribution is 0.0263. The van der Waals surface area contributed by atoms with E-state index in [1.165, 1.54) is 25.7 Å². The highest BCUT2D eigenvalue weighted by Gasteiger charge is 2.29. The second-order valence-electron chi connectivity index (χ2n) is 8.79. The molecular formula is C20H40O2. The molecule has 2 rings (SSSR count). The number of aliphatic hydroxyl groups excluding tert-OH is 2. The highest BCUT2D eigenvalue weighted by atomic mass is 16.3. The van der Waals surface area contributed by atoms with Crippen molar-refractivity contribution < 1.29 is 10.2 Å². The molecule has 0 amide bonds. The molecule has 6 atom stereocenters. The Kier molecular flexibility index (Phi) is 8.42. The monoisotopic (exact) mass is 312 g/mol. The Bertz CT molecular complexity index is 270. The zero-order valence-corrected chi connectivity index (χ0v) is 15.8. The number of rotatable bonds is 2. The van der Waals surface area contributed by atoms with Gasteiger partial charge in [0, 0.05) is 0 Å². The number of aliphatic hydroxyl groups is 2. The van der Waals surface area contributed by atoms with Gasteiger partial charge in [0.2, 0.25) is 0 Å². The van der Waals surface area contributed by atoms with Crippen molar-refractivity contribution in [2.45, 2.75) is 92.3 Å². The maximum atomic E-state index is 9.71. The van der Waals surface area contributed by atoms with Crippen LogP contribution >= 0.6 is 0 Å². The molecule has 0 radical (unpaired) electrons. The van der Waals surface area contributed by atoms with E-state index in [4.69, 9.17) is 0 Å². The Labute approximate surface area is 138 Å². The second kappa shape index (κ2) is 9.27. The first-order valence-electron chi connectivity index (χ1n) is 9.58. The maximum Gasteiger partial charge on any atom is 0.0573 e. The number of hydrogen-bond donors (Lipinski definition) is 2. The third-order valence-electron chi connectivity index (χ3n) is 5.97. The molecule has 2 aliphatic carbocycles. The molecule has 2 fully saturated rings. The fraction of sp³-hybridized carbons (Fsp3) is 1.00. The molecule has 0 aromatic heterocycles. The summed E-state index contributed by atoms with van der Waals surface area (Å²) in [5.41, 5.74) is 0. The van der Waals surface area contributed by atoms with Crippen molar-refractivity contribution in [3.8, 4) is 0 Å². The molecule has 0 saturated heterocycles. The molecule has 2 aliphatic rings. The van der Waals surface area contributed by atoms with Crippen molar-refractivity contribution in [2.24, 2.45) is 35.5 Å². The topological polar surface area (TPSA) is 40.5 Å². The van der Waals surface area contributed by atoms with Crippen molar-refractivity contribution in [2.75, 3.05) is 0 Å². The zero-order chi connectivity index (χ0) is 16.9. The third kappa shape index (κ3) is 6.20. The summed E-state index contributed by atoms with van der Waals surface area (Å²) >= 11 is 0. The lowest BCUT2D eigenvalue weighted by Crippen LogP contribution is -2.31. The predicted molar refractivity (Wildman–Crippen MR) is 94.7 cm³/mol. The average molecular weight is 313 g/mol. The van der Waals surface area contributed by atoms with Gasteiger partial charge in [-0.2, -0.15) is 0 Å². The van der Waals surface area contributed by atoms with Crippen LogP contribution in [-0.2, 0) is 0 Å². The Morgan fingerprint density at radius 3 is 1.18 bits per heavy atom. The summed E-state index contributed by atoms with van der Waals surface area (Å²) in [7, 11) is 0. The summed E-state index contributed by atoms with van der Waals surface area (Å²) in [5, 5.41) is 19.4. The molecule has 0 aliphatic heterocycles. The van der Waals surface area contributed by atoms with Gasteiger partial charge >= 0.3 is 0 Å². The number of hydrogen-bond acceptors (Lipinski definition) is 2. The molecule has 0 aromatic carbocycles. The second-order valence-corrected chi connectivity index (χ2v) is 8.79. The highest BCUT2D eigenvalue weighted by Crippen LogP contribution is 2.33. The Morgan fingerprint density at radius 2 is 0.955 bits per heavy atom. The van der Waals surface area contributed by atoms with Crippen LogP contribution in [0, 0.1) is 35.5 Å². The molecule has 132 valence electrons. The first kappa shape index (κ1) is 20.0. The van der Waals surface area contributed by atoms with Crippen LogP contribution in [0.5, 0.6) is 0 Å². The molecule has 22 heavy (non-hydrogen) atoms. The molecule has 0 aromatic rings. The van der Waals surface area contributed by atoms with Gasteiger partial charge in [-0.15, -0.1) is 0 Å². The summed E-state index contributed by atoms with van der Waals surface area (Å²) in [6, 6.07) is 0. The van der Waals surface area contributed by atoms with Crippen LogP contribution in [-0.4, -0.2) is 22.4 Å². The lowest BCUT2D eigenvalue weighted by Gasteiger charge is -2.33. The maximum absolute atomic E-state index is 9.71. The van der Waals surface area contributed by atoms with Crippen molar-refractivity contribution in [3.63, 3.8) is 0 Å². The molecule has 2 heteroatoms. The van der Waals surface area contributed by atoms with E-state index in [0.29, 0.717) is 23.7 Å². The fourth-order valence-corrected chi connectivity index (χ4v) is 4.30. The van der Waals surface area contributed by atoms with Crippen LogP contribution in [0.2, 0.25) is 0 Å². The molecular weight excluding hydrogens is 272 g/mol. The third-order valence-corrected chi connectivity index (χ3v) is 5.97. The minimum Gasteiger partial charge on any atom is -0.393 e. The summed E-state index contributed by atoms with van der Waals surface area (Å²) in [4.78, 5) is 0. The predicted octanol–water partition coefficient (Wildman–Crippen LogP) is 4.88. The van der Waals surface area contributed by atoms with Gasteiger partial charge in [-0.25, -0.2) is 0 Å². The molecule has 2 saturated carbocycles. The first-order chi connectivity index (χ1) is 10.2. The summed E-state index contributed by atoms with van der Waals surface area (Å²) < 4.78 is 0. The van der Waals surface area contributed by atoms with E-state index < -0.39 is 0 Å². The summed E-state index contributed by atoms with van der Waals surface area (Å²) in [5.74, 6) is 3.90. The van der Waals surface area contributed by atoms with Crippen LogP contribution in [0.15, 0.2) is 0 Å². The van der Waals surface area contributed by atoms with Gasteiger partial charge in [0.15, 0.2) is 0 Å². The van der Waals surface area contributed by atoms with Crippen LogP contribution < -0.4 is 0 Å². The average Bonchev–Trinajstić information content (AvgIpc) is 2.38. The van der Waals surface area contributed by atoms with E-state index in [0.717, 1.165) is 24.7 Å². The van der Waals surface area contributed by atoms with Gasteiger partial charge in [0.1, 0.15) is 0 Å². The molecule has 0 heterocycles. The molecule has 0 spiro atoms. The van der Waals surface area contributed by atoms with Gasteiger partial charge in [-0.1, -0.05) is 54.4 Å². The van der Waals surface area contributed by atoms with E-state index in [1.807, 2.05) is 0 Å². The SMILES string of the molecule is CC(C)[C@@H]1CC[C@@H](C)C[C@H]1O.CC1CCC(C(C)C)C(O)C1. The van der Waals surface area contributed by atoms with Gasteiger partial charge in [0.05, 0.1) is 12.2 Å². The van der Waals surface area contributed by atoms with Gasteiger partial charge in [-0.3, -0.25) is 0 Å². The van der Waals surface area contributed by atoms with Crippen molar-refractivity contribution in [1.82, 2.24) is 0 Å². The van der Waals surface area contributed by atoms with Crippen molar-refractivity contribution >= 4 is 0 Å². The summed E-state index contributed by atoms with van der Waals surface area (Å²) in [6.07, 6.45) is 7.03. The lowest BCUT2D eigenvalue weighted by atomic mass is 9.75. The zero-order valence-electron chi connectivity index (χ0n) is 15.8. The Morgan fingerprint density at radius 1 is 0.636 bits per heavy atom. The molecule has 2 N–H and O–H groups in total. The Balaban J connectivity index is 0.000000220. The van der Waals surface area contributed by atoms with Gasteiger partial charge < -0.3 is 10.2 Å². The molecule has 3 unspecified atom stereocenters. The normalized spacial score (nSPS) is 39.5. The van der Waals surface area contributed by atoms with Crippen LogP contribution in [0.3, 0.4) is 0 Å². The van der Waals surface area contributed by atoms with Crippen LogP contribution in [0.4, 0.5) is 0 Å². The highest BCUT2D eigenvalue weighted by molar-refractivity contribution is 4.80. The van der Waals surface area contributed by atoms with E-state index >= 15 is 0 Å². The minimum atomic E-state index is -0.0289. The standard InChI is InChI=1S/2C10H20O/c2*1-7(2)9-5-4-8(3)6-10(9)11/h2*7-11H,4-6H2,1-3H3/t8-,9+,10-;/m1./s1. The Hall–Kier alpha value is -0.0800. The van der Waals surface area contributed by atoms with Crippen molar-refractivity contribution in [3.05, 3.63) is 0 Å². The van der Waals surface area contributed by atoms with E-state index in [2.05, 4.69) is 41.5 Å².